The Morgan fingerprint density at radius 3 is 2.38 bits per heavy atom. The molecule has 0 aliphatic heterocycles. The quantitative estimate of drug-likeness (QED) is 0.660. The second-order valence-corrected chi connectivity index (χ2v) is 2.32. The number of hydrogen-bond donors (Lipinski definition) is 0. The average Bonchev–Trinajstić information content (AvgIpc) is 2.20. The zero-order valence-electron chi connectivity index (χ0n) is 8.59. The van der Waals surface area contributed by atoms with Crippen molar-refractivity contribution in [3.05, 3.63) is 29.3 Å². The van der Waals surface area contributed by atoms with Gasteiger partial charge in [-0.1, -0.05) is 19.9 Å². The fraction of sp³-hybridized carbons (Fsp3) is 0.364. The highest BCUT2D eigenvalue weighted by molar-refractivity contribution is 5.44. The summed E-state index contributed by atoms with van der Waals surface area (Å²) in [4.78, 5) is 0. The van der Waals surface area contributed by atoms with Gasteiger partial charge in [0.25, 0.3) is 0 Å². The van der Waals surface area contributed by atoms with Crippen molar-refractivity contribution < 1.29 is 4.74 Å². The summed E-state index contributed by atoms with van der Waals surface area (Å²) in [7, 11) is 1.56. The van der Waals surface area contributed by atoms with E-state index < -0.39 is 0 Å². The van der Waals surface area contributed by atoms with Gasteiger partial charge in [0.2, 0.25) is 0 Å². The molecule has 70 valence electrons. The maximum absolute atomic E-state index is 8.64. The van der Waals surface area contributed by atoms with E-state index in [4.69, 9.17) is 10.00 Å². The van der Waals surface area contributed by atoms with Crippen molar-refractivity contribution in [2.45, 2.75) is 20.8 Å². The molecule has 13 heavy (non-hydrogen) atoms. The largest absolute Gasteiger partial charge is 0.495 e. The van der Waals surface area contributed by atoms with Crippen LogP contribution in [0.3, 0.4) is 0 Å². The summed E-state index contributed by atoms with van der Waals surface area (Å²) in [5.41, 5.74) is 1.66. The molecule has 1 aromatic rings. The zero-order valence-corrected chi connectivity index (χ0v) is 8.59. The topological polar surface area (TPSA) is 33.0 Å². The lowest BCUT2D eigenvalue weighted by molar-refractivity contribution is 0.413. The minimum Gasteiger partial charge on any atom is -0.495 e. The first kappa shape index (κ1) is 11.5. The van der Waals surface area contributed by atoms with Gasteiger partial charge in [0.15, 0.2) is 0 Å². The summed E-state index contributed by atoms with van der Waals surface area (Å²) in [5, 5.41) is 8.64. The highest BCUT2D eigenvalue weighted by Gasteiger charge is 1.99. The maximum atomic E-state index is 8.64. The Kier molecular flexibility index (Phi) is 5.38. The van der Waals surface area contributed by atoms with E-state index in [1.165, 1.54) is 0 Å². The lowest BCUT2D eigenvalue weighted by Crippen LogP contribution is -1.87. The van der Waals surface area contributed by atoms with Gasteiger partial charge >= 0.3 is 0 Å². The van der Waals surface area contributed by atoms with Gasteiger partial charge in [-0.25, -0.2) is 0 Å². The maximum Gasteiger partial charge on any atom is 0.136 e. The molecule has 0 radical (unpaired) electrons. The molecule has 0 atom stereocenters. The zero-order chi connectivity index (χ0) is 10.3. The third kappa shape index (κ3) is 3.16. The molecular weight excluding hydrogens is 162 g/mol. The lowest BCUT2D eigenvalue weighted by atomic mass is 10.1. The van der Waals surface area contributed by atoms with E-state index in [1.54, 1.807) is 19.2 Å². The molecule has 0 spiro atoms. The fourth-order valence-electron chi connectivity index (χ4n) is 0.909. The van der Waals surface area contributed by atoms with Crippen molar-refractivity contribution in [1.29, 1.82) is 5.26 Å². The highest BCUT2D eigenvalue weighted by Crippen LogP contribution is 2.17. The summed E-state index contributed by atoms with van der Waals surface area (Å²) in [5.74, 6) is 0.637. The van der Waals surface area contributed by atoms with E-state index in [0.29, 0.717) is 11.3 Å². The van der Waals surface area contributed by atoms with E-state index in [2.05, 4.69) is 6.07 Å². The number of rotatable bonds is 1. The van der Waals surface area contributed by atoms with Gasteiger partial charge in [0.1, 0.15) is 11.8 Å². The van der Waals surface area contributed by atoms with Crippen LogP contribution in [-0.2, 0) is 0 Å². The van der Waals surface area contributed by atoms with Gasteiger partial charge in [-0.3, -0.25) is 0 Å². The molecule has 0 unspecified atom stereocenters. The molecule has 2 nitrogen and oxygen atoms in total. The lowest BCUT2D eigenvalue weighted by Gasteiger charge is -2.01. The Labute approximate surface area is 79.8 Å². The molecule has 0 aromatic heterocycles. The van der Waals surface area contributed by atoms with Crippen LogP contribution in [0.2, 0.25) is 0 Å². The monoisotopic (exact) mass is 177 g/mol. The molecule has 1 aromatic carbocycles. The average molecular weight is 177 g/mol. The van der Waals surface area contributed by atoms with Crippen LogP contribution in [-0.4, -0.2) is 7.11 Å². The third-order valence-corrected chi connectivity index (χ3v) is 1.48. The van der Waals surface area contributed by atoms with Crippen LogP contribution in [0, 0.1) is 18.3 Å². The van der Waals surface area contributed by atoms with Crippen LogP contribution >= 0.6 is 0 Å². The molecule has 2 heteroatoms. The molecule has 0 saturated carbocycles. The minimum atomic E-state index is 0.590. The van der Waals surface area contributed by atoms with Gasteiger partial charge < -0.3 is 4.74 Å². The molecular formula is C11H15NO. The number of benzene rings is 1. The first-order chi connectivity index (χ1) is 6.27. The summed E-state index contributed by atoms with van der Waals surface area (Å²) >= 11 is 0. The SMILES string of the molecule is CC.COc1ccc(C)cc1C#N. The Hall–Kier alpha value is -1.49. The minimum absolute atomic E-state index is 0.590. The van der Waals surface area contributed by atoms with Crippen LogP contribution in [0.5, 0.6) is 5.75 Å². The van der Waals surface area contributed by atoms with Gasteiger partial charge in [-0.05, 0) is 24.6 Å². The van der Waals surface area contributed by atoms with Crippen molar-refractivity contribution >= 4 is 0 Å². The number of nitriles is 1. The van der Waals surface area contributed by atoms with E-state index >= 15 is 0 Å². The number of aryl methyl sites for hydroxylation is 1. The number of nitrogens with zero attached hydrogens (tertiary/aromatic N) is 1. The molecule has 0 N–H and O–H groups in total. The van der Waals surface area contributed by atoms with Crippen LogP contribution in [0.15, 0.2) is 18.2 Å². The number of methoxy groups -OCH3 is 1. The van der Waals surface area contributed by atoms with Crippen LogP contribution in [0.1, 0.15) is 25.0 Å². The molecule has 1 rings (SSSR count). The summed E-state index contributed by atoms with van der Waals surface area (Å²) < 4.78 is 4.97. The predicted molar refractivity (Wildman–Crippen MR) is 53.8 cm³/mol. The van der Waals surface area contributed by atoms with Crippen molar-refractivity contribution in [2.24, 2.45) is 0 Å². The van der Waals surface area contributed by atoms with Gasteiger partial charge in [-0.2, -0.15) is 5.26 Å². The molecule has 0 heterocycles. The molecule has 0 bridgehead atoms. The summed E-state index contributed by atoms with van der Waals surface area (Å²) in [6.45, 7) is 5.94. The van der Waals surface area contributed by atoms with Crippen molar-refractivity contribution in [1.82, 2.24) is 0 Å². The standard InChI is InChI=1S/C9H9NO.C2H6/c1-7-3-4-9(11-2)8(5-7)6-10;1-2/h3-5H,1-2H3;1-2H3. The van der Waals surface area contributed by atoms with Crippen LogP contribution < -0.4 is 4.74 Å². The third-order valence-electron chi connectivity index (χ3n) is 1.48. The summed E-state index contributed by atoms with van der Waals surface area (Å²) in [6.07, 6.45) is 0. The number of hydrogen-bond acceptors (Lipinski definition) is 2. The van der Waals surface area contributed by atoms with Crippen LogP contribution in [0.25, 0.3) is 0 Å². The van der Waals surface area contributed by atoms with Crippen molar-refractivity contribution in [3.63, 3.8) is 0 Å². The van der Waals surface area contributed by atoms with Crippen molar-refractivity contribution in [3.8, 4) is 11.8 Å². The Balaban J connectivity index is 0.000000671. The molecule has 0 saturated heterocycles. The molecule has 0 aliphatic carbocycles. The van der Waals surface area contributed by atoms with Gasteiger partial charge in [-0.15, -0.1) is 0 Å². The van der Waals surface area contributed by atoms with Crippen LogP contribution in [0.4, 0.5) is 0 Å². The van der Waals surface area contributed by atoms with Gasteiger partial charge in [0.05, 0.1) is 12.7 Å². The second kappa shape index (κ2) is 6.07. The smallest absolute Gasteiger partial charge is 0.136 e. The van der Waals surface area contributed by atoms with E-state index in [-0.39, 0.29) is 0 Å². The fourth-order valence-corrected chi connectivity index (χ4v) is 0.909. The predicted octanol–water partition coefficient (Wildman–Crippen LogP) is 2.90. The molecule has 0 amide bonds. The number of ether oxygens (including phenoxy) is 1. The Bertz CT molecular complexity index is 299. The Morgan fingerprint density at radius 1 is 1.31 bits per heavy atom. The first-order valence-electron chi connectivity index (χ1n) is 4.32. The summed E-state index contributed by atoms with van der Waals surface area (Å²) in [6, 6.07) is 7.58. The van der Waals surface area contributed by atoms with Crippen molar-refractivity contribution in [2.75, 3.05) is 7.11 Å². The van der Waals surface area contributed by atoms with E-state index in [9.17, 15) is 0 Å². The Morgan fingerprint density at radius 2 is 1.92 bits per heavy atom. The van der Waals surface area contributed by atoms with Gasteiger partial charge in [0, 0.05) is 0 Å². The molecule has 0 fully saturated rings. The highest BCUT2D eigenvalue weighted by atomic mass is 16.5. The first-order valence-corrected chi connectivity index (χ1v) is 4.32. The second-order valence-electron chi connectivity index (χ2n) is 2.32. The van der Waals surface area contributed by atoms with E-state index in [1.807, 2.05) is 26.8 Å². The normalized spacial score (nSPS) is 7.92. The van der Waals surface area contributed by atoms with E-state index in [0.717, 1.165) is 5.56 Å². The molecule has 0 aliphatic rings.